The van der Waals surface area contributed by atoms with Crippen molar-refractivity contribution in [2.24, 2.45) is 0 Å². The summed E-state index contributed by atoms with van der Waals surface area (Å²) in [5, 5.41) is 17.6. The number of aliphatic hydroxyl groups excluding tert-OH is 2. The minimum Gasteiger partial charge on any atom is -0.394 e. The number of rotatable bonds is 4. The SMILES string of the molecule is Nc1nc(SCC(O)CO)cc(C(F)(F)F)n1. The van der Waals surface area contributed by atoms with E-state index in [-0.39, 0.29) is 10.8 Å². The van der Waals surface area contributed by atoms with Crippen molar-refractivity contribution in [1.29, 1.82) is 0 Å². The summed E-state index contributed by atoms with van der Waals surface area (Å²) in [7, 11) is 0. The van der Waals surface area contributed by atoms with Gasteiger partial charge < -0.3 is 15.9 Å². The molecule has 0 radical (unpaired) electrons. The van der Waals surface area contributed by atoms with Gasteiger partial charge in [-0.15, -0.1) is 11.8 Å². The number of alkyl halides is 3. The molecule has 0 aliphatic rings. The second-order valence-corrected chi connectivity index (χ2v) is 4.14. The monoisotopic (exact) mass is 269 g/mol. The topological polar surface area (TPSA) is 92.3 Å². The molecule has 0 spiro atoms. The summed E-state index contributed by atoms with van der Waals surface area (Å²) in [4.78, 5) is 6.66. The van der Waals surface area contributed by atoms with Crippen molar-refractivity contribution in [1.82, 2.24) is 9.97 Å². The van der Waals surface area contributed by atoms with Gasteiger partial charge in [-0.1, -0.05) is 0 Å². The minimum atomic E-state index is -4.60. The lowest BCUT2D eigenvalue weighted by atomic mass is 10.4. The van der Waals surface area contributed by atoms with Crippen LogP contribution in [0, 0.1) is 0 Å². The summed E-state index contributed by atoms with van der Waals surface area (Å²) in [5.41, 5.74) is 4.01. The van der Waals surface area contributed by atoms with Gasteiger partial charge in [0.05, 0.1) is 12.7 Å². The number of anilines is 1. The number of nitrogens with zero attached hydrogens (tertiary/aromatic N) is 2. The first-order valence-corrected chi connectivity index (χ1v) is 5.45. The molecule has 0 bridgehead atoms. The predicted octanol–water partition coefficient (Wildman–Crippen LogP) is 0.523. The molecular formula is C8H10F3N3O2S. The fourth-order valence-electron chi connectivity index (χ4n) is 0.896. The highest BCUT2D eigenvalue weighted by molar-refractivity contribution is 7.99. The van der Waals surface area contributed by atoms with Gasteiger partial charge in [0, 0.05) is 11.8 Å². The standard InChI is InChI=1S/C8H10F3N3O2S/c9-8(10,11)5-1-6(14-7(12)13-5)17-3-4(16)2-15/h1,4,15-16H,2-3H2,(H2,12,13,14). The molecule has 0 fully saturated rings. The summed E-state index contributed by atoms with van der Waals surface area (Å²) in [6.45, 7) is -0.473. The van der Waals surface area contributed by atoms with Crippen LogP contribution in [0.5, 0.6) is 0 Å². The second kappa shape index (κ2) is 5.52. The number of aliphatic hydroxyl groups is 2. The number of hydrogen-bond acceptors (Lipinski definition) is 6. The number of hydrogen-bond donors (Lipinski definition) is 3. The van der Waals surface area contributed by atoms with E-state index in [1.807, 2.05) is 0 Å². The van der Waals surface area contributed by atoms with Gasteiger partial charge in [-0.3, -0.25) is 0 Å². The van der Waals surface area contributed by atoms with Crippen LogP contribution < -0.4 is 5.73 Å². The van der Waals surface area contributed by atoms with Crippen LogP contribution in [-0.2, 0) is 6.18 Å². The maximum Gasteiger partial charge on any atom is 0.433 e. The molecule has 4 N–H and O–H groups in total. The molecular weight excluding hydrogens is 259 g/mol. The Morgan fingerprint density at radius 2 is 2.06 bits per heavy atom. The van der Waals surface area contributed by atoms with Crippen LogP contribution in [0.25, 0.3) is 0 Å². The quantitative estimate of drug-likeness (QED) is 0.545. The molecule has 0 aromatic carbocycles. The summed E-state index contributed by atoms with van der Waals surface area (Å²) >= 11 is 0.856. The molecule has 9 heteroatoms. The predicted molar refractivity (Wildman–Crippen MR) is 55.3 cm³/mol. The summed E-state index contributed by atoms with van der Waals surface area (Å²) in [5.74, 6) is -0.467. The average molecular weight is 269 g/mol. The zero-order chi connectivity index (χ0) is 13.1. The van der Waals surface area contributed by atoms with E-state index >= 15 is 0 Å². The van der Waals surface area contributed by atoms with Crippen molar-refractivity contribution in [3.63, 3.8) is 0 Å². The van der Waals surface area contributed by atoms with E-state index < -0.39 is 30.5 Å². The van der Waals surface area contributed by atoms with Crippen molar-refractivity contribution < 1.29 is 23.4 Å². The molecule has 5 nitrogen and oxygen atoms in total. The van der Waals surface area contributed by atoms with E-state index in [4.69, 9.17) is 15.9 Å². The van der Waals surface area contributed by atoms with E-state index in [9.17, 15) is 13.2 Å². The number of nitrogens with two attached hydrogens (primary N) is 1. The van der Waals surface area contributed by atoms with E-state index in [0.717, 1.165) is 17.8 Å². The zero-order valence-electron chi connectivity index (χ0n) is 8.48. The van der Waals surface area contributed by atoms with E-state index in [0.29, 0.717) is 0 Å². The largest absolute Gasteiger partial charge is 0.433 e. The minimum absolute atomic E-state index is 0.00248. The first-order chi connectivity index (χ1) is 7.82. The smallest absolute Gasteiger partial charge is 0.394 e. The van der Waals surface area contributed by atoms with Crippen LogP contribution in [0.15, 0.2) is 11.1 Å². The lowest BCUT2D eigenvalue weighted by Crippen LogP contribution is -2.15. The van der Waals surface area contributed by atoms with Crippen LogP contribution in [0.4, 0.5) is 19.1 Å². The van der Waals surface area contributed by atoms with E-state index in [1.165, 1.54) is 0 Å². The molecule has 17 heavy (non-hydrogen) atoms. The van der Waals surface area contributed by atoms with Crippen molar-refractivity contribution in [2.75, 3.05) is 18.1 Å². The van der Waals surface area contributed by atoms with Gasteiger partial charge in [-0.25, -0.2) is 9.97 Å². The highest BCUT2D eigenvalue weighted by Crippen LogP contribution is 2.30. The Balaban J connectivity index is 2.83. The first-order valence-electron chi connectivity index (χ1n) is 4.46. The maximum absolute atomic E-state index is 12.4. The van der Waals surface area contributed by atoms with Crippen molar-refractivity contribution in [2.45, 2.75) is 17.3 Å². The molecule has 0 aliphatic heterocycles. The van der Waals surface area contributed by atoms with Crippen LogP contribution >= 0.6 is 11.8 Å². The highest BCUT2D eigenvalue weighted by atomic mass is 32.2. The number of thioether (sulfide) groups is 1. The third-order valence-electron chi connectivity index (χ3n) is 1.64. The first kappa shape index (κ1) is 14.0. The molecule has 96 valence electrons. The van der Waals surface area contributed by atoms with Gasteiger partial charge in [0.25, 0.3) is 0 Å². The molecule has 1 aromatic rings. The Labute approximate surface area is 98.9 Å². The van der Waals surface area contributed by atoms with Gasteiger partial charge in [0.2, 0.25) is 5.95 Å². The van der Waals surface area contributed by atoms with E-state index in [2.05, 4.69) is 9.97 Å². The number of nitrogen functional groups attached to an aromatic ring is 1. The molecule has 0 saturated heterocycles. The average Bonchev–Trinajstić information content (AvgIpc) is 2.24. The Hall–Kier alpha value is -1.06. The summed E-state index contributed by atoms with van der Waals surface area (Å²) < 4.78 is 37.1. The molecule has 0 amide bonds. The molecule has 1 aromatic heterocycles. The molecule has 0 saturated carbocycles. The van der Waals surface area contributed by atoms with Gasteiger partial charge in [0.1, 0.15) is 5.03 Å². The second-order valence-electron chi connectivity index (χ2n) is 3.09. The van der Waals surface area contributed by atoms with Gasteiger partial charge >= 0.3 is 6.18 Å². The fraction of sp³-hybridized carbons (Fsp3) is 0.500. The number of aromatic nitrogens is 2. The third-order valence-corrected chi connectivity index (χ3v) is 2.70. The Morgan fingerprint density at radius 1 is 1.41 bits per heavy atom. The molecule has 1 unspecified atom stereocenters. The Morgan fingerprint density at radius 3 is 2.59 bits per heavy atom. The highest BCUT2D eigenvalue weighted by Gasteiger charge is 2.33. The lowest BCUT2D eigenvalue weighted by Gasteiger charge is -2.09. The number of halogens is 3. The molecule has 0 aliphatic carbocycles. The van der Waals surface area contributed by atoms with Gasteiger partial charge in [-0.2, -0.15) is 13.2 Å². The third kappa shape index (κ3) is 4.36. The van der Waals surface area contributed by atoms with Crippen LogP contribution in [-0.4, -0.2) is 38.6 Å². The van der Waals surface area contributed by atoms with Crippen LogP contribution in [0.1, 0.15) is 5.69 Å². The Bertz CT molecular complexity index is 389. The van der Waals surface area contributed by atoms with Crippen LogP contribution in [0.3, 0.4) is 0 Å². The molecule has 1 atom stereocenters. The van der Waals surface area contributed by atoms with Gasteiger partial charge in [-0.05, 0) is 0 Å². The van der Waals surface area contributed by atoms with Crippen LogP contribution in [0.2, 0.25) is 0 Å². The summed E-state index contributed by atoms with van der Waals surface area (Å²) in [6.07, 6.45) is -5.62. The summed E-state index contributed by atoms with van der Waals surface area (Å²) in [6, 6.07) is 0.741. The van der Waals surface area contributed by atoms with E-state index in [1.54, 1.807) is 0 Å². The van der Waals surface area contributed by atoms with Crippen molar-refractivity contribution in [3.8, 4) is 0 Å². The van der Waals surface area contributed by atoms with Gasteiger partial charge in [0.15, 0.2) is 5.69 Å². The fourth-order valence-corrected chi connectivity index (χ4v) is 1.72. The van der Waals surface area contributed by atoms with Crippen molar-refractivity contribution >= 4 is 17.7 Å². The van der Waals surface area contributed by atoms with Crippen molar-refractivity contribution in [3.05, 3.63) is 11.8 Å². The maximum atomic E-state index is 12.4. The normalized spacial score (nSPS) is 13.7. The molecule has 1 heterocycles. The zero-order valence-corrected chi connectivity index (χ0v) is 9.29. The Kier molecular flexibility index (Phi) is 4.54. The molecule has 1 rings (SSSR count). The lowest BCUT2D eigenvalue weighted by molar-refractivity contribution is -0.141.